The van der Waals surface area contributed by atoms with E-state index in [2.05, 4.69) is 32.6 Å². The third-order valence-corrected chi connectivity index (χ3v) is 12.7. The summed E-state index contributed by atoms with van der Waals surface area (Å²) in [7, 11) is 0. The van der Waals surface area contributed by atoms with Gasteiger partial charge in [-0.15, -0.1) is 11.6 Å². The molecular formula is C53H104ClNO4. The molecule has 0 rings (SSSR count). The van der Waals surface area contributed by atoms with Crippen LogP contribution in [0.15, 0.2) is 0 Å². The molecule has 5 nitrogen and oxygen atoms in total. The second-order valence-corrected chi connectivity index (χ2v) is 18.7. The van der Waals surface area contributed by atoms with Crippen LogP contribution in [0.25, 0.3) is 0 Å². The lowest BCUT2D eigenvalue weighted by atomic mass is 10.0. The molecule has 0 amide bonds. The number of nitrogens with zero attached hydrogens (tertiary/aromatic N) is 1. The molecule has 6 heteroatoms. The predicted octanol–water partition coefficient (Wildman–Crippen LogP) is 17.4. The van der Waals surface area contributed by atoms with Crippen molar-refractivity contribution in [2.24, 2.45) is 0 Å². The third-order valence-electron chi connectivity index (χ3n) is 12.4. The summed E-state index contributed by atoms with van der Waals surface area (Å²) in [4.78, 5) is 28.2. The second kappa shape index (κ2) is 48.2. The van der Waals surface area contributed by atoms with Crippen LogP contribution in [0.4, 0.5) is 0 Å². The maximum atomic E-state index is 12.8. The van der Waals surface area contributed by atoms with Crippen molar-refractivity contribution < 1.29 is 19.1 Å². The van der Waals surface area contributed by atoms with Gasteiger partial charge in [-0.05, 0) is 103 Å². The number of unbranched alkanes of at least 4 members (excludes halogenated alkanes) is 28. The van der Waals surface area contributed by atoms with E-state index in [-0.39, 0.29) is 24.1 Å². The van der Waals surface area contributed by atoms with Crippen molar-refractivity contribution in [2.75, 3.05) is 25.5 Å². The Morgan fingerprint density at radius 2 is 0.610 bits per heavy atom. The predicted molar refractivity (Wildman–Crippen MR) is 259 cm³/mol. The number of carbonyl (C=O) groups excluding carboxylic acids is 2. The first-order chi connectivity index (χ1) is 29.0. The molecule has 0 heterocycles. The van der Waals surface area contributed by atoms with Gasteiger partial charge in [0.25, 0.3) is 0 Å². The Hall–Kier alpha value is -0.810. The lowest BCUT2D eigenvalue weighted by molar-refractivity contribution is -0.151. The van der Waals surface area contributed by atoms with Crippen LogP contribution < -0.4 is 0 Å². The fraction of sp³-hybridized carbons (Fsp3) is 0.962. The number of esters is 2. The minimum atomic E-state index is 0.0328. The van der Waals surface area contributed by atoms with Gasteiger partial charge in [-0.2, -0.15) is 0 Å². The monoisotopic (exact) mass is 854 g/mol. The molecule has 0 atom stereocenters. The summed E-state index contributed by atoms with van der Waals surface area (Å²) in [5.41, 5.74) is 0. The summed E-state index contributed by atoms with van der Waals surface area (Å²) >= 11 is 6.09. The van der Waals surface area contributed by atoms with Crippen LogP contribution in [0.5, 0.6) is 0 Å². The fourth-order valence-corrected chi connectivity index (χ4v) is 8.63. The van der Waals surface area contributed by atoms with Gasteiger partial charge in [0.05, 0.1) is 0 Å². The van der Waals surface area contributed by atoms with Gasteiger partial charge >= 0.3 is 11.9 Å². The van der Waals surface area contributed by atoms with Crippen molar-refractivity contribution in [3.05, 3.63) is 0 Å². The van der Waals surface area contributed by atoms with Crippen molar-refractivity contribution in [3.8, 4) is 0 Å². The van der Waals surface area contributed by atoms with Gasteiger partial charge in [-0.25, -0.2) is 0 Å². The number of ether oxygens (including phenoxy) is 2. The van der Waals surface area contributed by atoms with Crippen LogP contribution in [0.1, 0.15) is 291 Å². The Labute approximate surface area is 374 Å². The summed E-state index contributed by atoms with van der Waals surface area (Å²) in [5.74, 6) is 0.788. The summed E-state index contributed by atoms with van der Waals surface area (Å²) in [5, 5.41) is 0. The molecule has 59 heavy (non-hydrogen) atoms. The van der Waals surface area contributed by atoms with Gasteiger partial charge in [0.2, 0.25) is 0 Å². The second-order valence-electron chi connectivity index (χ2n) is 18.4. The van der Waals surface area contributed by atoms with E-state index in [1.165, 1.54) is 193 Å². The number of hydrogen-bond donors (Lipinski definition) is 0. The van der Waals surface area contributed by atoms with Crippen LogP contribution in [0.2, 0.25) is 0 Å². The molecule has 0 aliphatic heterocycles. The van der Waals surface area contributed by atoms with Crippen molar-refractivity contribution in [1.29, 1.82) is 0 Å². The molecule has 0 spiro atoms. The summed E-state index contributed by atoms with van der Waals surface area (Å²) in [6.07, 6.45) is 49.0. The number of carbonyl (C=O) groups is 2. The fourth-order valence-electron chi connectivity index (χ4n) is 8.51. The highest BCUT2D eigenvalue weighted by Crippen LogP contribution is 2.20. The van der Waals surface area contributed by atoms with Crippen LogP contribution in [0, 0.1) is 0 Å². The lowest BCUT2D eigenvalue weighted by Crippen LogP contribution is -2.27. The number of halogens is 1. The number of hydrogen-bond acceptors (Lipinski definition) is 5. The van der Waals surface area contributed by atoms with E-state index in [0.29, 0.717) is 12.8 Å². The average Bonchev–Trinajstić information content (AvgIpc) is 3.23. The summed E-state index contributed by atoms with van der Waals surface area (Å²) in [6.45, 7) is 12.4. The number of rotatable bonds is 49. The van der Waals surface area contributed by atoms with E-state index in [1.807, 2.05) is 0 Å². The van der Waals surface area contributed by atoms with Gasteiger partial charge in [0, 0.05) is 18.7 Å². The lowest BCUT2D eigenvalue weighted by Gasteiger charge is -2.22. The molecule has 0 unspecified atom stereocenters. The molecule has 0 bridgehead atoms. The van der Waals surface area contributed by atoms with Crippen LogP contribution in [-0.4, -0.2) is 54.6 Å². The molecule has 0 fully saturated rings. The minimum absolute atomic E-state index is 0.0328. The van der Waals surface area contributed by atoms with E-state index in [9.17, 15) is 9.59 Å². The molecular weight excluding hydrogens is 750 g/mol. The third kappa shape index (κ3) is 43.6. The highest BCUT2D eigenvalue weighted by Gasteiger charge is 2.16. The minimum Gasteiger partial charge on any atom is -0.462 e. The maximum Gasteiger partial charge on any atom is 0.306 e. The Morgan fingerprint density at radius 3 is 0.915 bits per heavy atom. The van der Waals surface area contributed by atoms with Crippen LogP contribution >= 0.6 is 11.6 Å². The standard InChI is InChI=1S/C53H104ClNO4/c1-5-9-13-17-23-31-40-50(41-32-24-18-14-10-6-2)58-52(56)44-35-27-21-29-37-47-55(49-39-46-54)48-38-30-22-28-36-45-53(57)59-51(42-33-25-19-15-11-7-3)43-34-26-20-16-12-8-4/h50-51H,5-49H2,1-4H3. The van der Waals surface area contributed by atoms with Crippen molar-refractivity contribution >= 4 is 23.5 Å². The van der Waals surface area contributed by atoms with E-state index in [4.69, 9.17) is 21.1 Å². The molecule has 0 N–H and O–H groups in total. The summed E-state index contributed by atoms with van der Waals surface area (Å²) < 4.78 is 12.1. The molecule has 352 valence electrons. The zero-order valence-corrected chi connectivity index (χ0v) is 41.2. The average molecular weight is 855 g/mol. The highest BCUT2D eigenvalue weighted by molar-refractivity contribution is 6.17. The first-order valence-corrected chi connectivity index (χ1v) is 27.2. The van der Waals surface area contributed by atoms with Crippen LogP contribution in [-0.2, 0) is 19.1 Å². The van der Waals surface area contributed by atoms with E-state index >= 15 is 0 Å². The van der Waals surface area contributed by atoms with Crippen molar-refractivity contribution in [3.63, 3.8) is 0 Å². The zero-order chi connectivity index (χ0) is 43.1. The van der Waals surface area contributed by atoms with Gasteiger partial charge in [0.15, 0.2) is 0 Å². The van der Waals surface area contributed by atoms with Crippen molar-refractivity contribution in [2.45, 2.75) is 303 Å². The maximum absolute atomic E-state index is 12.8. The molecule has 0 saturated carbocycles. The quantitative estimate of drug-likeness (QED) is 0.0347. The first kappa shape index (κ1) is 58.2. The van der Waals surface area contributed by atoms with Gasteiger partial charge in [0.1, 0.15) is 12.2 Å². The smallest absolute Gasteiger partial charge is 0.306 e. The Morgan fingerprint density at radius 1 is 0.356 bits per heavy atom. The molecule has 0 saturated heterocycles. The molecule has 0 aliphatic rings. The molecule has 0 aliphatic carbocycles. The van der Waals surface area contributed by atoms with Gasteiger partial charge < -0.3 is 14.4 Å². The van der Waals surface area contributed by atoms with Crippen LogP contribution in [0.3, 0.4) is 0 Å². The largest absolute Gasteiger partial charge is 0.462 e. The SMILES string of the molecule is CCCCCCCCC(CCCCCCCC)OC(=O)CCCCCCCN(CCCCl)CCCCCCCC(=O)OC(CCCCCCCC)CCCCCCCC. The molecule has 0 aromatic carbocycles. The normalized spacial score (nSPS) is 11.7. The first-order valence-electron chi connectivity index (χ1n) is 26.7. The van der Waals surface area contributed by atoms with E-state index < -0.39 is 0 Å². The number of alkyl halides is 1. The summed E-state index contributed by atoms with van der Waals surface area (Å²) in [6, 6.07) is 0. The molecule has 0 aromatic rings. The Bertz CT molecular complexity index is 759. The van der Waals surface area contributed by atoms with Gasteiger partial charge in [-0.1, -0.05) is 195 Å². The molecule has 0 aromatic heterocycles. The highest BCUT2D eigenvalue weighted by atomic mass is 35.5. The topological polar surface area (TPSA) is 55.8 Å². The Kier molecular flexibility index (Phi) is 47.6. The molecule has 0 radical (unpaired) electrons. The zero-order valence-electron chi connectivity index (χ0n) is 40.4. The van der Waals surface area contributed by atoms with E-state index in [0.717, 1.165) is 83.3 Å². The van der Waals surface area contributed by atoms with E-state index in [1.54, 1.807) is 0 Å². The van der Waals surface area contributed by atoms with Crippen molar-refractivity contribution in [1.82, 2.24) is 4.90 Å². The van der Waals surface area contributed by atoms with Gasteiger partial charge in [-0.3, -0.25) is 9.59 Å². The Balaban J connectivity index is 4.29.